The summed E-state index contributed by atoms with van der Waals surface area (Å²) in [4.78, 5) is 24.5. The Balaban J connectivity index is 1.78. The molecule has 4 nitrogen and oxygen atoms in total. The second kappa shape index (κ2) is 7.23. The fourth-order valence-electron chi connectivity index (χ4n) is 3.43. The smallest absolute Gasteiger partial charge is 0.224 e. The van der Waals surface area contributed by atoms with Gasteiger partial charge in [-0.3, -0.25) is 9.59 Å². The van der Waals surface area contributed by atoms with Crippen molar-refractivity contribution < 1.29 is 23.5 Å². The lowest BCUT2D eigenvalue weighted by molar-refractivity contribution is -0.127. The van der Waals surface area contributed by atoms with Gasteiger partial charge in [0.05, 0.1) is 5.92 Å². The Labute approximate surface area is 149 Å². The van der Waals surface area contributed by atoms with E-state index < -0.39 is 23.5 Å². The summed E-state index contributed by atoms with van der Waals surface area (Å²) in [5.41, 5.74) is 1.02. The zero-order valence-corrected chi connectivity index (χ0v) is 14.3. The highest BCUT2D eigenvalue weighted by Crippen LogP contribution is 2.35. The van der Waals surface area contributed by atoms with Crippen LogP contribution in [0, 0.1) is 24.5 Å². The van der Waals surface area contributed by atoms with Gasteiger partial charge in [-0.25, -0.2) is 8.78 Å². The molecule has 1 aliphatic heterocycles. The fourth-order valence-corrected chi connectivity index (χ4v) is 3.43. The van der Waals surface area contributed by atoms with Crippen LogP contribution in [-0.2, 0) is 16.0 Å². The highest BCUT2D eigenvalue weighted by Gasteiger charge is 2.39. The fraction of sp³-hybridized carbons (Fsp3) is 0.300. The predicted molar refractivity (Wildman–Crippen MR) is 91.8 cm³/mol. The number of Topliss-reactive ketones (excluding diaryl/α,β-unsaturated/α-hetero) is 1. The Hall–Kier alpha value is -2.76. The first-order valence-electron chi connectivity index (χ1n) is 8.38. The van der Waals surface area contributed by atoms with Crippen LogP contribution < -0.4 is 5.32 Å². The summed E-state index contributed by atoms with van der Waals surface area (Å²) < 4.78 is 28.6. The topological polar surface area (TPSA) is 66.4 Å². The van der Waals surface area contributed by atoms with Crippen molar-refractivity contribution >= 4 is 11.7 Å². The number of halogens is 2. The molecule has 136 valence electrons. The third-order valence-electron chi connectivity index (χ3n) is 4.70. The molecule has 3 rings (SSSR count). The minimum atomic E-state index is -0.800. The lowest BCUT2D eigenvalue weighted by Gasteiger charge is -2.18. The van der Waals surface area contributed by atoms with E-state index in [1.165, 1.54) is 24.3 Å². The van der Waals surface area contributed by atoms with Crippen molar-refractivity contribution in [3.63, 3.8) is 0 Å². The number of phenols is 1. The number of carbonyl (C=O) groups is 2. The molecule has 0 spiro atoms. The van der Waals surface area contributed by atoms with E-state index in [1.54, 1.807) is 19.1 Å². The number of hydrogen-bond donors (Lipinski definition) is 2. The zero-order valence-electron chi connectivity index (χ0n) is 14.3. The Morgan fingerprint density at radius 1 is 1.19 bits per heavy atom. The molecule has 2 aromatic rings. The number of aromatic hydroxyl groups is 1. The molecule has 2 N–H and O–H groups in total. The molecule has 0 aliphatic carbocycles. The molecule has 1 amide bonds. The summed E-state index contributed by atoms with van der Waals surface area (Å²) >= 11 is 0. The molecule has 26 heavy (non-hydrogen) atoms. The summed E-state index contributed by atoms with van der Waals surface area (Å²) in [5, 5.41) is 11.9. The van der Waals surface area contributed by atoms with E-state index in [4.69, 9.17) is 0 Å². The predicted octanol–water partition coefficient (Wildman–Crippen LogP) is 3.01. The maximum atomic E-state index is 14.3. The standard InChI is InChI=1S/C20H19F2NO3/c1-11-6-17(21)19(18(22)7-11)16-10-23-20(26)15(16)9-14(25)8-12-2-4-13(24)5-3-12/h2-7,15-16,24H,8-10H2,1H3,(H,23,26)/t15-,16+/m0/s1. The number of benzene rings is 2. The van der Waals surface area contributed by atoms with Crippen LogP contribution >= 0.6 is 0 Å². The zero-order chi connectivity index (χ0) is 18.8. The number of phenolic OH excluding ortho intramolecular Hbond substituents is 1. The summed E-state index contributed by atoms with van der Waals surface area (Å²) in [5.74, 6) is -3.37. The first kappa shape index (κ1) is 18.0. The molecule has 1 aliphatic rings. The first-order valence-corrected chi connectivity index (χ1v) is 8.38. The van der Waals surface area contributed by atoms with Crippen LogP contribution in [0.25, 0.3) is 0 Å². The maximum absolute atomic E-state index is 14.3. The molecule has 0 unspecified atom stereocenters. The summed E-state index contributed by atoms with van der Waals surface area (Å²) in [6.07, 6.45) is -0.000223. The van der Waals surface area contributed by atoms with E-state index in [9.17, 15) is 23.5 Å². The SMILES string of the molecule is Cc1cc(F)c([C@@H]2CNC(=O)[C@H]2CC(=O)Cc2ccc(O)cc2)c(F)c1. The minimum absolute atomic E-state index is 0.0929. The highest BCUT2D eigenvalue weighted by atomic mass is 19.1. The summed E-state index contributed by atoms with van der Waals surface area (Å²) in [6, 6.07) is 8.67. The van der Waals surface area contributed by atoms with Crippen LogP contribution in [0.1, 0.15) is 29.0 Å². The molecule has 0 bridgehead atoms. The van der Waals surface area contributed by atoms with Crippen molar-refractivity contribution in [1.82, 2.24) is 5.32 Å². The van der Waals surface area contributed by atoms with Crippen molar-refractivity contribution in [2.75, 3.05) is 6.54 Å². The Kier molecular flexibility index (Phi) is 5.02. The molecule has 1 saturated heterocycles. The van der Waals surface area contributed by atoms with E-state index in [1.807, 2.05) is 0 Å². The number of carbonyl (C=O) groups excluding carboxylic acids is 2. The van der Waals surface area contributed by atoms with Crippen LogP contribution in [0.2, 0.25) is 0 Å². The third-order valence-corrected chi connectivity index (χ3v) is 4.70. The van der Waals surface area contributed by atoms with Crippen LogP contribution in [-0.4, -0.2) is 23.3 Å². The number of hydrogen-bond acceptors (Lipinski definition) is 3. The van der Waals surface area contributed by atoms with E-state index in [-0.39, 0.29) is 42.4 Å². The van der Waals surface area contributed by atoms with Crippen LogP contribution in [0.15, 0.2) is 36.4 Å². The number of amides is 1. The van der Waals surface area contributed by atoms with Gasteiger partial charge in [-0.15, -0.1) is 0 Å². The average Bonchev–Trinajstić information content (AvgIpc) is 2.90. The van der Waals surface area contributed by atoms with Gasteiger partial charge in [-0.2, -0.15) is 0 Å². The molecule has 1 heterocycles. The number of aryl methyl sites for hydroxylation is 1. The van der Waals surface area contributed by atoms with E-state index in [2.05, 4.69) is 5.32 Å². The largest absolute Gasteiger partial charge is 0.508 e. The number of ketones is 1. The second-order valence-electron chi connectivity index (χ2n) is 6.69. The van der Waals surface area contributed by atoms with Crippen molar-refractivity contribution in [2.45, 2.75) is 25.7 Å². The van der Waals surface area contributed by atoms with Crippen LogP contribution in [0.5, 0.6) is 5.75 Å². The Bertz CT molecular complexity index is 826. The highest BCUT2D eigenvalue weighted by molar-refractivity contribution is 5.90. The van der Waals surface area contributed by atoms with Crippen LogP contribution in [0.3, 0.4) is 0 Å². The molecule has 6 heteroatoms. The van der Waals surface area contributed by atoms with Crippen molar-refractivity contribution in [3.05, 3.63) is 64.7 Å². The lowest BCUT2D eigenvalue weighted by Crippen LogP contribution is -2.23. The molecule has 2 atom stereocenters. The van der Waals surface area contributed by atoms with Gasteiger partial charge in [0.1, 0.15) is 23.2 Å². The molecule has 2 aromatic carbocycles. The molecule has 0 radical (unpaired) electrons. The second-order valence-corrected chi connectivity index (χ2v) is 6.69. The van der Waals surface area contributed by atoms with Crippen molar-refractivity contribution in [1.29, 1.82) is 0 Å². The van der Waals surface area contributed by atoms with Crippen molar-refractivity contribution in [2.24, 2.45) is 5.92 Å². The monoisotopic (exact) mass is 359 g/mol. The third kappa shape index (κ3) is 3.74. The van der Waals surface area contributed by atoms with Gasteiger partial charge < -0.3 is 10.4 Å². The maximum Gasteiger partial charge on any atom is 0.224 e. The summed E-state index contributed by atoms with van der Waals surface area (Å²) in [6.45, 7) is 1.69. The molecular formula is C20H19F2NO3. The first-order chi connectivity index (χ1) is 12.3. The van der Waals surface area contributed by atoms with E-state index >= 15 is 0 Å². The number of rotatable bonds is 5. The van der Waals surface area contributed by atoms with Gasteiger partial charge in [0.15, 0.2) is 0 Å². The molecule has 0 aromatic heterocycles. The molecule has 0 saturated carbocycles. The van der Waals surface area contributed by atoms with Gasteiger partial charge in [-0.05, 0) is 42.3 Å². The van der Waals surface area contributed by atoms with Gasteiger partial charge >= 0.3 is 0 Å². The quantitative estimate of drug-likeness (QED) is 0.862. The lowest BCUT2D eigenvalue weighted by atomic mass is 9.83. The average molecular weight is 359 g/mol. The Morgan fingerprint density at radius 3 is 2.42 bits per heavy atom. The number of nitrogens with one attached hydrogen (secondary N) is 1. The summed E-state index contributed by atoms with van der Waals surface area (Å²) in [7, 11) is 0. The molecule has 1 fully saturated rings. The van der Waals surface area contributed by atoms with Crippen molar-refractivity contribution in [3.8, 4) is 5.75 Å². The van der Waals surface area contributed by atoms with Gasteiger partial charge in [0, 0.05) is 30.9 Å². The Morgan fingerprint density at radius 2 is 1.81 bits per heavy atom. The van der Waals surface area contributed by atoms with E-state index in [0.29, 0.717) is 11.1 Å². The minimum Gasteiger partial charge on any atom is -0.508 e. The molecular weight excluding hydrogens is 340 g/mol. The van der Waals surface area contributed by atoms with Gasteiger partial charge in [-0.1, -0.05) is 12.1 Å². The normalized spacial score (nSPS) is 19.4. The van der Waals surface area contributed by atoms with Crippen LogP contribution in [0.4, 0.5) is 8.78 Å². The van der Waals surface area contributed by atoms with Gasteiger partial charge in [0.2, 0.25) is 5.91 Å². The van der Waals surface area contributed by atoms with E-state index in [0.717, 1.165) is 0 Å². The van der Waals surface area contributed by atoms with Gasteiger partial charge in [0.25, 0.3) is 0 Å².